The summed E-state index contributed by atoms with van der Waals surface area (Å²) in [5, 5.41) is 3.47. The van der Waals surface area contributed by atoms with Crippen LogP contribution < -0.4 is 10.2 Å². The van der Waals surface area contributed by atoms with Gasteiger partial charge in [0, 0.05) is 25.7 Å². The van der Waals surface area contributed by atoms with Gasteiger partial charge >= 0.3 is 0 Å². The van der Waals surface area contributed by atoms with E-state index in [0.29, 0.717) is 12.5 Å². The van der Waals surface area contributed by atoms with Crippen LogP contribution >= 0.6 is 0 Å². The highest BCUT2D eigenvalue weighted by atomic mass is 16.2. The Balaban J connectivity index is 1.80. The Labute approximate surface area is 108 Å². The number of nitrogens with one attached hydrogen (secondary N) is 1. The highest BCUT2D eigenvalue weighted by Gasteiger charge is 2.16. The van der Waals surface area contributed by atoms with Crippen molar-refractivity contribution in [2.24, 2.45) is 0 Å². The molecule has 1 N–H and O–H groups in total. The van der Waals surface area contributed by atoms with Crippen molar-refractivity contribution in [3.8, 4) is 0 Å². The summed E-state index contributed by atoms with van der Waals surface area (Å²) < 4.78 is 0. The zero-order valence-electron chi connectivity index (χ0n) is 10.9. The van der Waals surface area contributed by atoms with Crippen LogP contribution in [0.25, 0.3) is 0 Å². The van der Waals surface area contributed by atoms with Crippen molar-refractivity contribution in [1.29, 1.82) is 0 Å². The predicted molar refractivity (Wildman–Crippen MR) is 72.5 cm³/mol. The minimum Gasteiger partial charge on any atom is -0.314 e. The monoisotopic (exact) mass is 247 g/mol. The highest BCUT2D eigenvalue weighted by Crippen LogP contribution is 2.15. The number of hydrogen-bond donors (Lipinski definition) is 1. The lowest BCUT2D eigenvalue weighted by molar-refractivity contribution is -0.118. The van der Waals surface area contributed by atoms with E-state index < -0.39 is 0 Å². The Hall–Kier alpha value is -1.42. The van der Waals surface area contributed by atoms with Crippen LogP contribution in [-0.4, -0.2) is 30.5 Å². The van der Waals surface area contributed by atoms with Gasteiger partial charge in [-0.3, -0.25) is 9.78 Å². The average molecular weight is 247 g/mol. The molecule has 0 bridgehead atoms. The number of nitrogens with zero attached hydrogens (tertiary/aromatic N) is 2. The molecule has 98 valence electrons. The quantitative estimate of drug-likeness (QED) is 0.884. The minimum absolute atomic E-state index is 0.162. The van der Waals surface area contributed by atoms with Crippen molar-refractivity contribution in [1.82, 2.24) is 10.3 Å². The molecule has 1 aromatic heterocycles. The summed E-state index contributed by atoms with van der Waals surface area (Å²) in [5.74, 6) is 0.162. The van der Waals surface area contributed by atoms with E-state index in [1.54, 1.807) is 17.3 Å². The molecule has 0 aliphatic carbocycles. The van der Waals surface area contributed by atoms with E-state index in [1.807, 2.05) is 19.2 Å². The summed E-state index contributed by atoms with van der Waals surface area (Å²) in [6, 6.07) is 4.27. The summed E-state index contributed by atoms with van der Waals surface area (Å²) in [5.41, 5.74) is 0.860. The number of aromatic nitrogens is 1. The van der Waals surface area contributed by atoms with Gasteiger partial charge in [-0.05, 0) is 37.9 Å². The average Bonchev–Trinajstić information content (AvgIpc) is 2.46. The predicted octanol–water partition coefficient (Wildman–Crippen LogP) is 1.97. The van der Waals surface area contributed by atoms with Crippen molar-refractivity contribution in [2.75, 3.05) is 18.5 Å². The Bertz CT molecular complexity index is 374. The van der Waals surface area contributed by atoms with Gasteiger partial charge in [0.15, 0.2) is 0 Å². The molecule has 1 atom stereocenters. The van der Waals surface area contributed by atoms with Crippen LogP contribution in [-0.2, 0) is 4.79 Å². The van der Waals surface area contributed by atoms with Gasteiger partial charge in [0.2, 0.25) is 5.91 Å². The summed E-state index contributed by atoms with van der Waals surface area (Å²) in [6.07, 6.45) is 8.71. The molecule has 0 saturated carbocycles. The van der Waals surface area contributed by atoms with E-state index in [-0.39, 0.29) is 5.91 Å². The van der Waals surface area contributed by atoms with Gasteiger partial charge in [-0.15, -0.1) is 0 Å². The normalized spacial score (nSPS) is 19.5. The van der Waals surface area contributed by atoms with Gasteiger partial charge in [-0.2, -0.15) is 0 Å². The van der Waals surface area contributed by atoms with Crippen molar-refractivity contribution in [3.05, 3.63) is 24.5 Å². The topological polar surface area (TPSA) is 45.2 Å². The molecule has 1 fully saturated rings. The molecule has 2 rings (SSSR count). The second-order valence-corrected chi connectivity index (χ2v) is 4.85. The van der Waals surface area contributed by atoms with Crippen molar-refractivity contribution in [2.45, 2.75) is 38.1 Å². The van der Waals surface area contributed by atoms with Gasteiger partial charge in [-0.25, -0.2) is 0 Å². The summed E-state index contributed by atoms with van der Waals surface area (Å²) >= 11 is 0. The molecule has 1 amide bonds. The number of carbonyl (C=O) groups is 1. The molecule has 1 aliphatic rings. The molecule has 4 heteroatoms. The van der Waals surface area contributed by atoms with Crippen LogP contribution in [0.4, 0.5) is 5.69 Å². The van der Waals surface area contributed by atoms with Gasteiger partial charge in [-0.1, -0.05) is 6.42 Å². The Morgan fingerprint density at radius 2 is 2.44 bits per heavy atom. The van der Waals surface area contributed by atoms with E-state index in [0.717, 1.165) is 18.7 Å². The van der Waals surface area contributed by atoms with Crippen molar-refractivity contribution < 1.29 is 4.79 Å². The van der Waals surface area contributed by atoms with Crippen LogP contribution in [0.1, 0.15) is 32.1 Å². The molecule has 0 radical (unpaired) electrons. The smallest absolute Gasteiger partial charge is 0.226 e. The number of carbonyl (C=O) groups excluding carboxylic acids is 1. The molecule has 1 aromatic rings. The molecule has 1 aliphatic heterocycles. The third-order valence-corrected chi connectivity index (χ3v) is 3.53. The standard InChI is InChI=1S/C14H21N3O/c1-17(13-6-4-9-15-11-13)14(18)8-7-12-5-2-3-10-16-12/h4,6,9,11-12,16H,2-3,5,7-8,10H2,1H3. The number of anilines is 1. The van der Waals surface area contributed by atoms with Crippen LogP contribution in [0.15, 0.2) is 24.5 Å². The zero-order valence-corrected chi connectivity index (χ0v) is 10.9. The zero-order chi connectivity index (χ0) is 12.8. The van der Waals surface area contributed by atoms with Gasteiger partial charge in [0.25, 0.3) is 0 Å². The second kappa shape index (κ2) is 6.50. The summed E-state index contributed by atoms with van der Waals surface area (Å²) in [6.45, 7) is 1.09. The Kier molecular flexibility index (Phi) is 4.70. The molecule has 2 heterocycles. The summed E-state index contributed by atoms with van der Waals surface area (Å²) in [7, 11) is 1.81. The van der Waals surface area contributed by atoms with E-state index >= 15 is 0 Å². The minimum atomic E-state index is 0.162. The van der Waals surface area contributed by atoms with E-state index in [2.05, 4.69) is 10.3 Å². The highest BCUT2D eigenvalue weighted by molar-refractivity contribution is 5.92. The van der Waals surface area contributed by atoms with E-state index in [1.165, 1.54) is 19.3 Å². The Morgan fingerprint density at radius 1 is 1.56 bits per heavy atom. The van der Waals surface area contributed by atoms with E-state index in [4.69, 9.17) is 0 Å². The van der Waals surface area contributed by atoms with Crippen LogP contribution in [0.5, 0.6) is 0 Å². The van der Waals surface area contributed by atoms with Crippen LogP contribution in [0.2, 0.25) is 0 Å². The third-order valence-electron chi connectivity index (χ3n) is 3.53. The molecule has 1 saturated heterocycles. The maximum atomic E-state index is 12.1. The van der Waals surface area contributed by atoms with Gasteiger partial charge in [0.05, 0.1) is 11.9 Å². The van der Waals surface area contributed by atoms with E-state index in [9.17, 15) is 4.79 Å². The van der Waals surface area contributed by atoms with Gasteiger partial charge in [0.1, 0.15) is 0 Å². The second-order valence-electron chi connectivity index (χ2n) is 4.85. The van der Waals surface area contributed by atoms with Gasteiger partial charge < -0.3 is 10.2 Å². The fourth-order valence-corrected chi connectivity index (χ4v) is 2.33. The lowest BCUT2D eigenvalue weighted by Crippen LogP contribution is -2.35. The lowest BCUT2D eigenvalue weighted by Gasteiger charge is -2.24. The van der Waals surface area contributed by atoms with Crippen LogP contribution in [0.3, 0.4) is 0 Å². The Morgan fingerprint density at radius 3 is 3.11 bits per heavy atom. The van der Waals surface area contributed by atoms with Crippen molar-refractivity contribution in [3.63, 3.8) is 0 Å². The molecule has 0 aromatic carbocycles. The molecule has 18 heavy (non-hydrogen) atoms. The number of pyridine rings is 1. The van der Waals surface area contributed by atoms with Crippen molar-refractivity contribution >= 4 is 11.6 Å². The number of amides is 1. The third kappa shape index (κ3) is 3.53. The maximum absolute atomic E-state index is 12.1. The number of rotatable bonds is 4. The largest absolute Gasteiger partial charge is 0.314 e. The lowest BCUT2D eigenvalue weighted by atomic mass is 10.0. The molecule has 0 spiro atoms. The molecule has 1 unspecified atom stereocenters. The molecule has 4 nitrogen and oxygen atoms in total. The fourth-order valence-electron chi connectivity index (χ4n) is 2.33. The first-order valence-corrected chi connectivity index (χ1v) is 6.67. The number of hydrogen-bond acceptors (Lipinski definition) is 3. The first kappa shape index (κ1) is 13.0. The molecular weight excluding hydrogens is 226 g/mol. The maximum Gasteiger partial charge on any atom is 0.226 e. The first-order chi connectivity index (χ1) is 8.77. The fraction of sp³-hybridized carbons (Fsp3) is 0.571. The first-order valence-electron chi connectivity index (χ1n) is 6.67. The number of piperidine rings is 1. The SMILES string of the molecule is CN(C(=O)CCC1CCCCN1)c1cccnc1. The van der Waals surface area contributed by atoms with Crippen LogP contribution in [0, 0.1) is 0 Å². The summed E-state index contributed by atoms with van der Waals surface area (Å²) in [4.78, 5) is 17.8. The molecular formula is C14H21N3O.